The summed E-state index contributed by atoms with van der Waals surface area (Å²) in [4.78, 5) is 27.1. The first-order valence-electron chi connectivity index (χ1n) is 13.1. The quantitative estimate of drug-likeness (QED) is 0.155. The van der Waals surface area contributed by atoms with E-state index in [-0.39, 0.29) is 5.41 Å². The van der Waals surface area contributed by atoms with E-state index >= 15 is 0 Å². The Bertz CT molecular complexity index is 1350. The van der Waals surface area contributed by atoms with Gasteiger partial charge in [-0.3, -0.25) is 4.84 Å². The zero-order chi connectivity index (χ0) is 25.7. The lowest BCUT2D eigenvalue weighted by molar-refractivity contribution is -0.777. The highest BCUT2D eigenvalue weighted by atomic mass is 17.0. The molecule has 4 fully saturated rings. The molecule has 0 amide bonds. The predicted octanol–water partition coefficient (Wildman–Crippen LogP) is 6.69. The number of rotatable bonds is 7. The molecule has 4 aliphatic carbocycles. The first-order chi connectivity index (χ1) is 17.8. The molecule has 7 rings (SSSR count). The highest BCUT2D eigenvalue weighted by molar-refractivity contribution is 5.96. The minimum absolute atomic E-state index is 0.234. The van der Waals surface area contributed by atoms with Crippen LogP contribution in [0.15, 0.2) is 54.6 Å². The van der Waals surface area contributed by atoms with Gasteiger partial charge in [0.1, 0.15) is 5.75 Å². The van der Waals surface area contributed by atoms with Gasteiger partial charge in [0.25, 0.3) is 5.09 Å². The summed E-state index contributed by atoms with van der Waals surface area (Å²) in [5, 5.41) is 11.4. The van der Waals surface area contributed by atoms with Crippen LogP contribution in [0.5, 0.6) is 5.75 Å². The summed E-state index contributed by atoms with van der Waals surface area (Å²) in [6.07, 6.45) is 6.77. The molecule has 7 heteroatoms. The van der Waals surface area contributed by atoms with E-state index in [0.717, 1.165) is 39.8 Å². The summed E-state index contributed by atoms with van der Waals surface area (Å²) in [7, 11) is 1.78. The standard InChI is InChI=1S/C30H31NO6/c1-18(37-31(33)34)36-29(32)26-6-5-22-12-23(3-4-24(22)13-26)25-7-8-28(35-2)27(14-25)30-15-19-9-20(16-30)11-21(10-19)17-30/h3-8,12-14,18-21H,9-11,15-17H2,1-2H3. The summed E-state index contributed by atoms with van der Waals surface area (Å²) < 4.78 is 10.9. The molecule has 0 heterocycles. The van der Waals surface area contributed by atoms with E-state index in [1.165, 1.54) is 56.6 Å². The van der Waals surface area contributed by atoms with E-state index in [0.29, 0.717) is 5.56 Å². The minimum Gasteiger partial charge on any atom is -0.496 e. The number of carbonyl (C=O) groups is 1. The van der Waals surface area contributed by atoms with Crippen LogP contribution in [0.1, 0.15) is 61.4 Å². The number of carbonyl (C=O) groups excluding carboxylic acids is 1. The van der Waals surface area contributed by atoms with Gasteiger partial charge in [-0.05, 0) is 121 Å². The molecule has 4 saturated carbocycles. The molecule has 3 aromatic carbocycles. The van der Waals surface area contributed by atoms with Crippen molar-refractivity contribution in [3.63, 3.8) is 0 Å². The van der Waals surface area contributed by atoms with Gasteiger partial charge < -0.3 is 9.47 Å². The maximum Gasteiger partial charge on any atom is 0.340 e. The summed E-state index contributed by atoms with van der Waals surface area (Å²) >= 11 is 0. The van der Waals surface area contributed by atoms with Crippen molar-refractivity contribution >= 4 is 16.7 Å². The summed E-state index contributed by atoms with van der Waals surface area (Å²) in [6, 6.07) is 18.1. The first-order valence-corrected chi connectivity index (χ1v) is 13.1. The molecule has 3 aromatic rings. The van der Waals surface area contributed by atoms with Gasteiger partial charge in [-0.1, -0.05) is 24.3 Å². The van der Waals surface area contributed by atoms with Crippen LogP contribution in [-0.2, 0) is 15.0 Å². The SMILES string of the molecule is COc1ccc(-c2ccc3cc(C(=O)OC(C)O[N+](=O)[O-])ccc3c2)cc1C12CC3CC(CC(C3)C1)C2. The molecular formula is C30H31NO6. The van der Waals surface area contributed by atoms with E-state index in [9.17, 15) is 14.9 Å². The number of ether oxygens (including phenoxy) is 2. The minimum atomic E-state index is -1.28. The third-order valence-electron chi connectivity index (χ3n) is 8.73. The lowest BCUT2D eigenvalue weighted by Gasteiger charge is -2.57. The normalized spacial score (nSPS) is 26.6. The molecule has 4 aliphatic rings. The lowest BCUT2D eigenvalue weighted by atomic mass is 9.48. The summed E-state index contributed by atoms with van der Waals surface area (Å²) in [5.74, 6) is 2.90. The fraction of sp³-hybridized carbons (Fsp3) is 0.433. The Morgan fingerprint density at radius 3 is 2.16 bits per heavy atom. The van der Waals surface area contributed by atoms with Crippen LogP contribution in [0.25, 0.3) is 21.9 Å². The summed E-state index contributed by atoms with van der Waals surface area (Å²) in [5.41, 5.74) is 4.20. The molecule has 1 unspecified atom stereocenters. The number of esters is 1. The van der Waals surface area contributed by atoms with Crippen molar-refractivity contribution in [1.29, 1.82) is 0 Å². The highest BCUT2D eigenvalue weighted by Gasteiger charge is 2.52. The molecule has 0 N–H and O–H groups in total. The Morgan fingerprint density at radius 2 is 1.51 bits per heavy atom. The number of hydrogen-bond acceptors (Lipinski definition) is 6. The second kappa shape index (κ2) is 9.05. The zero-order valence-electron chi connectivity index (χ0n) is 21.1. The van der Waals surface area contributed by atoms with Crippen molar-refractivity contribution in [2.45, 2.75) is 57.2 Å². The Balaban J connectivity index is 1.29. The number of hydrogen-bond donors (Lipinski definition) is 0. The third kappa shape index (κ3) is 4.41. The first kappa shape index (κ1) is 23.8. The van der Waals surface area contributed by atoms with Crippen molar-refractivity contribution in [3.8, 4) is 16.9 Å². The van der Waals surface area contributed by atoms with E-state index in [1.807, 2.05) is 12.1 Å². The van der Waals surface area contributed by atoms with Crippen molar-refractivity contribution in [2.75, 3.05) is 7.11 Å². The van der Waals surface area contributed by atoms with Gasteiger partial charge in [0.15, 0.2) is 0 Å². The average molecular weight is 502 g/mol. The van der Waals surface area contributed by atoms with Crippen molar-refractivity contribution in [3.05, 3.63) is 75.8 Å². The van der Waals surface area contributed by atoms with Gasteiger partial charge >= 0.3 is 5.97 Å². The van der Waals surface area contributed by atoms with Crippen LogP contribution in [0, 0.1) is 27.9 Å². The van der Waals surface area contributed by atoms with Gasteiger partial charge in [-0.15, -0.1) is 10.1 Å². The smallest absolute Gasteiger partial charge is 0.340 e. The topological polar surface area (TPSA) is 87.9 Å². The van der Waals surface area contributed by atoms with Crippen molar-refractivity contribution < 1.29 is 24.2 Å². The Labute approximate surface area is 215 Å². The molecule has 0 radical (unpaired) electrons. The van der Waals surface area contributed by atoms with Crippen molar-refractivity contribution in [1.82, 2.24) is 0 Å². The van der Waals surface area contributed by atoms with Gasteiger partial charge in [0.05, 0.1) is 12.7 Å². The van der Waals surface area contributed by atoms with Crippen molar-refractivity contribution in [2.24, 2.45) is 17.8 Å². The van der Waals surface area contributed by atoms with E-state index in [4.69, 9.17) is 9.47 Å². The second-order valence-corrected chi connectivity index (χ2v) is 11.2. The summed E-state index contributed by atoms with van der Waals surface area (Å²) in [6.45, 7) is 1.31. The van der Waals surface area contributed by atoms with Crippen LogP contribution in [0.3, 0.4) is 0 Å². The Kier molecular flexibility index (Phi) is 5.81. The largest absolute Gasteiger partial charge is 0.496 e. The molecule has 7 nitrogen and oxygen atoms in total. The monoisotopic (exact) mass is 501 g/mol. The predicted molar refractivity (Wildman–Crippen MR) is 139 cm³/mol. The Hall–Kier alpha value is -3.61. The fourth-order valence-electron chi connectivity index (χ4n) is 7.66. The molecule has 0 aromatic heterocycles. The lowest BCUT2D eigenvalue weighted by Crippen LogP contribution is -2.48. The second-order valence-electron chi connectivity index (χ2n) is 11.2. The fourth-order valence-corrected chi connectivity index (χ4v) is 7.66. The van der Waals surface area contributed by atoms with E-state index in [1.54, 1.807) is 19.2 Å². The number of methoxy groups -OCH3 is 1. The van der Waals surface area contributed by atoms with Crippen LogP contribution < -0.4 is 4.74 Å². The highest BCUT2D eigenvalue weighted by Crippen LogP contribution is 2.62. The van der Waals surface area contributed by atoms with E-state index in [2.05, 4.69) is 35.2 Å². The number of nitrogens with zero attached hydrogens (tertiary/aromatic N) is 1. The van der Waals surface area contributed by atoms with Gasteiger partial charge in [0.2, 0.25) is 6.29 Å². The van der Waals surface area contributed by atoms with Gasteiger partial charge in [-0.25, -0.2) is 4.79 Å². The molecule has 37 heavy (non-hydrogen) atoms. The third-order valence-corrected chi connectivity index (χ3v) is 8.73. The van der Waals surface area contributed by atoms with Gasteiger partial charge in [0, 0.05) is 5.56 Å². The molecule has 192 valence electrons. The molecule has 4 bridgehead atoms. The van der Waals surface area contributed by atoms with Crippen LogP contribution >= 0.6 is 0 Å². The molecule has 0 saturated heterocycles. The Morgan fingerprint density at radius 1 is 0.919 bits per heavy atom. The average Bonchev–Trinajstić information content (AvgIpc) is 2.86. The van der Waals surface area contributed by atoms with Crippen LogP contribution in [0.4, 0.5) is 0 Å². The molecule has 0 spiro atoms. The van der Waals surface area contributed by atoms with Crippen LogP contribution in [-0.4, -0.2) is 24.5 Å². The number of benzene rings is 3. The zero-order valence-corrected chi connectivity index (χ0v) is 21.1. The maximum absolute atomic E-state index is 12.4. The number of fused-ring (bicyclic) bond motifs is 1. The molecule has 0 aliphatic heterocycles. The maximum atomic E-state index is 12.4. The van der Waals surface area contributed by atoms with E-state index < -0.39 is 17.3 Å². The molecule has 1 atom stereocenters. The molecular weight excluding hydrogens is 470 g/mol. The van der Waals surface area contributed by atoms with Gasteiger partial charge in [-0.2, -0.15) is 0 Å². The van der Waals surface area contributed by atoms with Crippen LogP contribution in [0.2, 0.25) is 0 Å².